The average Bonchev–Trinajstić information content (AvgIpc) is 2.62. The third kappa shape index (κ3) is 3.56. The van der Waals surface area contributed by atoms with E-state index in [0.29, 0.717) is 16.7 Å². The van der Waals surface area contributed by atoms with Crippen molar-refractivity contribution in [2.75, 3.05) is 0 Å². The molecule has 3 aromatic carbocycles. The van der Waals surface area contributed by atoms with Crippen LogP contribution in [0.1, 0.15) is 23.6 Å². The summed E-state index contributed by atoms with van der Waals surface area (Å²) < 4.78 is 41.7. The maximum absolute atomic E-state index is 14.0. The Morgan fingerprint density at radius 1 is 0.667 bits per heavy atom. The molecule has 0 saturated heterocycles. The van der Waals surface area contributed by atoms with Gasteiger partial charge in [0.15, 0.2) is 34.7 Å². The molecule has 0 heterocycles. The smallest absolute Gasteiger partial charge is 0.165 e. The van der Waals surface area contributed by atoms with Crippen LogP contribution in [-0.2, 0) is 11.8 Å². The quantitative estimate of drug-likeness (QED) is 0.617. The Labute approximate surface area is 154 Å². The highest BCUT2D eigenvalue weighted by atomic mass is 19.1. The maximum Gasteiger partial charge on any atom is 0.165 e. The summed E-state index contributed by atoms with van der Waals surface area (Å²) in [5.41, 5.74) is 0.342. The zero-order valence-electron chi connectivity index (χ0n) is 14.4. The first-order valence-electron chi connectivity index (χ1n) is 8.16. The molecule has 27 heavy (non-hydrogen) atoms. The minimum atomic E-state index is -1.01. The summed E-state index contributed by atoms with van der Waals surface area (Å²) in [7, 11) is 0. The number of rotatable bonds is 4. The third-order valence-electron chi connectivity index (χ3n) is 4.74. The van der Waals surface area contributed by atoms with Crippen molar-refractivity contribution in [3.63, 3.8) is 0 Å². The Kier molecular flexibility index (Phi) is 4.74. The number of hydrogen-bond donors (Lipinski definition) is 3. The molecule has 0 aromatic heterocycles. The van der Waals surface area contributed by atoms with Gasteiger partial charge in [-0.05, 0) is 59.5 Å². The van der Waals surface area contributed by atoms with E-state index in [0.717, 1.165) is 18.2 Å². The Morgan fingerprint density at radius 3 is 1.48 bits per heavy atom. The standard InChI is InChI=1S/C21H17F3O3/c1-21(13-3-6-19(26)16(23)9-13,14-4-7-20(27)17(24)10-14)11-12-2-5-18(25)15(22)8-12/h2-10,25-27H,11H2,1H3. The van der Waals surface area contributed by atoms with Crippen molar-refractivity contribution in [2.24, 2.45) is 0 Å². The van der Waals surface area contributed by atoms with E-state index in [-0.39, 0.29) is 6.42 Å². The first-order chi connectivity index (χ1) is 12.7. The Bertz CT molecular complexity index is 950. The van der Waals surface area contributed by atoms with Gasteiger partial charge in [-0.25, -0.2) is 13.2 Å². The van der Waals surface area contributed by atoms with Gasteiger partial charge in [0.2, 0.25) is 0 Å². The summed E-state index contributed by atoms with van der Waals surface area (Å²) in [4.78, 5) is 0. The average molecular weight is 374 g/mol. The molecule has 3 aromatic rings. The summed E-state index contributed by atoms with van der Waals surface area (Å²) >= 11 is 0. The van der Waals surface area contributed by atoms with Crippen LogP contribution in [0.4, 0.5) is 13.2 Å². The number of benzene rings is 3. The normalized spacial score (nSPS) is 11.6. The van der Waals surface area contributed by atoms with Crippen molar-refractivity contribution in [3.8, 4) is 17.2 Å². The molecule has 0 fully saturated rings. The molecule has 3 N–H and O–H groups in total. The van der Waals surface area contributed by atoms with Gasteiger partial charge in [0.1, 0.15) is 0 Å². The summed E-state index contributed by atoms with van der Waals surface area (Å²) in [6.45, 7) is 1.72. The molecule has 0 saturated carbocycles. The monoisotopic (exact) mass is 374 g/mol. The van der Waals surface area contributed by atoms with E-state index in [2.05, 4.69) is 0 Å². The zero-order chi connectivity index (χ0) is 19.8. The summed E-state index contributed by atoms with van der Waals surface area (Å²) in [5.74, 6) is -4.01. The first kappa shape index (κ1) is 18.6. The van der Waals surface area contributed by atoms with Gasteiger partial charge in [-0.1, -0.05) is 25.1 Å². The molecule has 0 radical (unpaired) electrons. The lowest BCUT2D eigenvalue weighted by Gasteiger charge is -2.31. The highest BCUT2D eigenvalue weighted by Gasteiger charge is 2.31. The van der Waals surface area contributed by atoms with Crippen molar-refractivity contribution < 1.29 is 28.5 Å². The molecule has 0 atom stereocenters. The molecule has 6 heteroatoms. The van der Waals surface area contributed by atoms with Crippen LogP contribution in [0.3, 0.4) is 0 Å². The summed E-state index contributed by atoms with van der Waals surface area (Å²) in [5, 5.41) is 28.3. The zero-order valence-corrected chi connectivity index (χ0v) is 14.4. The fourth-order valence-corrected chi connectivity index (χ4v) is 3.14. The van der Waals surface area contributed by atoms with E-state index in [1.165, 1.54) is 36.4 Å². The number of phenols is 3. The van der Waals surface area contributed by atoms with Gasteiger partial charge in [-0.3, -0.25) is 0 Å². The summed E-state index contributed by atoms with van der Waals surface area (Å²) in [6, 6.07) is 11.5. The predicted octanol–water partition coefficient (Wildman–Crippen LogP) is 4.77. The molecule has 0 aliphatic rings. The molecular formula is C21H17F3O3. The second-order valence-corrected chi connectivity index (χ2v) is 6.63. The lowest BCUT2D eigenvalue weighted by Crippen LogP contribution is -2.27. The second-order valence-electron chi connectivity index (χ2n) is 6.63. The lowest BCUT2D eigenvalue weighted by molar-refractivity contribution is 0.425. The topological polar surface area (TPSA) is 60.7 Å². The van der Waals surface area contributed by atoms with Crippen LogP contribution < -0.4 is 0 Å². The van der Waals surface area contributed by atoms with Gasteiger partial charge in [-0.2, -0.15) is 0 Å². The van der Waals surface area contributed by atoms with Gasteiger partial charge in [0.05, 0.1) is 0 Å². The molecule has 0 aliphatic heterocycles. The van der Waals surface area contributed by atoms with Crippen molar-refractivity contribution in [3.05, 3.63) is 88.7 Å². The molecule has 0 amide bonds. The van der Waals surface area contributed by atoms with Crippen LogP contribution in [0.5, 0.6) is 17.2 Å². The first-order valence-corrected chi connectivity index (χ1v) is 8.16. The van der Waals surface area contributed by atoms with E-state index in [9.17, 15) is 28.5 Å². The summed E-state index contributed by atoms with van der Waals surface area (Å²) in [6.07, 6.45) is 0.151. The lowest BCUT2D eigenvalue weighted by atomic mass is 9.72. The van der Waals surface area contributed by atoms with Crippen LogP contribution in [0.25, 0.3) is 0 Å². The Morgan fingerprint density at radius 2 is 1.07 bits per heavy atom. The maximum atomic E-state index is 14.0. The number of halogens is 3. The van der Waals surface area contributed by atoms with Crippen LogP contribution in [0.15, 0.2) is 54.6 Å². The fourth-order valence-electron chi connectivity index (χ4n) is 3.14. The number of hydrogen-bond acceptors (Lipinski definition) is 3. The van der Waals surface area contributed by atoms with Gasteiger partial charge in [0.25, 0.3) is 0 Å². The van der Waals surface area contributed by atoms with E-state index in [1.807, 2.05) is 0 Å². The van der Waals surface area contributed by atoms with Crippen molar-refractivity contribution >= 4 is 0 Å². The molecule has 0 unspecified atom stereocenters. The minimum absolute atomic E-state index is 0.151. The Balaban J connectivity index is 2.16. The van der Waals surface area contributed by atoms with Gasteiger partial charge >= 0.3 is 0 Å². The number of phenolic OH excluding ortho intramolecular Hbond substituents is 3. The molecule has 0 bridgehead atoms. The molecule has 0 spiro atoms. The highest BCUT2D eigenvalue weighted by molar-refractivity contribution is 5.45. The van der Waals surface area contributed by atoms with Crippen LogP contribution in [0.2, 0.25) is 0 Å². The van der Waals surface area contributed by atoms with Crippen LogP contribution in [0, 0.1) is 17.5 Å². The van der Waals surface area contributed by atoms with Crippen molar-refractivity contribution in [1.29, 1.82) is 0 Å². The van der Waals surface area contributed by atoms with E-state index < -0.39 is 40.1 Å². The minimum Gasteiger partial charge on any atom is -0.505 e. The SMILES string of the molecule is CC(Cc1ccc(O)c(F)c1)(c1ccc(O)c(F)c1)c1ccc(O)c(F)c1. The molecule has 0 aliphatic carbocycles. The van der Waals surface area contributed by atoms with Crippen molar-refractivity contribution in [2.45, 2.75) is 18.8 Å². The molecule has 140 valence electrons. The Hall–Kier alpha value is -3.15. The third-order valence-corrected chi connectivity index (χ3v) is 4.74. The molecule has 3 nitrogen and oxygen atoms in total. The largest absolute Gasteiger partial charge is 0.505 e. The van der Waals surface area contributed by atoms with Crippen LogP contribution in [-0.4, -0.2) is 15.3 Å². The van der Waals surface area contributed by atoms with Gasteiger partial charge < -0.3 is 15.3 Å². The second kappa shape index (κ2) is 6.87. The molecule has 3 rings (SSSR count). The van der Waals surface area contributed by atoms with Crippen LogP contribution >= 0.6 is 0 Å². The van der Waals surface area contributed by atoms with E-state index in [1.54, 1.807) is 6.92 Å². The predicted molar refractivity (Wildman–Crippen MR) is 94.4 cm³/mol. The fraction of sp³-hybridized carbons (Fsp3) is 0.143. The van der Waals surface area contributed by atoms with Gasteiger partial charge in [0, 0.05) is 5.41 Å². The van der Waals surface area contributed by atoms with Gasteiger partial charge in [-0.15, -0.1) is 0 Å². The number of aromatic hydroxyl groups is 3. The van der Waals surface area contributed by atoms with E-state index >= 15 is 0 Å². The van der Waals surface area contributed by atoms with Crippen molar-refractivity contribution in [1.82, 2.24) is 0 Å². The highest BCUT2D eigenvalue weighted by Crippen LogP contribution is 2.38. The molecular weight excluding hydrogens is 357 g/mol. The van der Waals surface area contributed by atoms with E-state index in [4.69, 9.17) is 0 Å².